The third-order valence-corrected chi connectivity index (χ3v) is 9.85. The van der Waals surface area contributed by atoms with Gasteiger partial charge in [-0.15, -0.1) is 12.6 Å². The Labute approximate surface area is 287 Å². The summed E-state index contributed by atoms with van der Waals surface area (Å²) in [7, 11) is 0. The summed E-state index contributed by atoms with van der Waals surface area (Å²) >= 11 is 9.21. The van der Waals surface area contributed by atoms with Crippen molar-refractivity contribution >= 4 is 35.0 Å². The minimum atomic E-state index is -0.256. The van der Waals surface area contributed by atoms with E-state index in [9.17, 15) is 4.79 Å². The molecule has 0 aliphatic carbocycles. The molecule has 3 nitrogen and oxygen atoms in total. The van der Waals surface area contributed by atoms with Crippen LogP contribution >= 0.6 is 24.8 Å². The SMILES string of the molecule is O=C(CCCCCCCCCCCCCCCCCCCCCCCCCCCCCCCCCCCCCC(=S)S)NO. The van der Waals surface area contributed by atoms with Crippen LogP contribution in [0.5, 0.6) is 0 Å². The monoisotopic (exact) mass is 656 g/mol. The first-order valence-electron chi connectivity index (χ1n) is 19.8. The van der Waals surface area contributed by atoms with E-state index < -0.39 is 0 Å². The van der Waals surface area contributed by atoms with Gasteiger partial charge < -0.3 is 0 Å². The van der Waals surface area contributed by atoms with Gasteiger partial charge in [0.1, 0.15) is 0 Å². The summed E-state index contributed by atoms with van der Waals surface area (Å²) in [6, 6.07) is 0. The van der Waals surface area contributed by atoms with Gasteiger partial charge in [0.05, 0.1) is 0 Å². The maximum absolute atomic E-state index is 10.9. The highest BCUT2D eigenvalue weighted by Gasteiger charge is 1.99. The first kappa shape index (κ1) is 43.9. The molecule has 0 radical (unpaired) electrons. The van der Waals surface area contributed by atoms with E-state index in [1.54, 1.807) is 5.48 Å². The lowest BCUT2D eigenvalue weighted by atomic mass is 10.0. The molecule has 0 saturated heterocycles. The van der Waals surface area contributed by atoms with Gasteiger partial charge in [-0.25, -0.2) is 5.48 Å². The predicted molar refractivity (Wildman–Crippen MR) is 202 cm³/mol. The normalized spacial score (nSPS) is 11.3. The van der Waals surface area contributed by atoms with Crippen LogP contribution in [0.15, 0.2) is 0 Å². The maximum Gasteiger partial charge on any atom is 0.243 e. The molecule has 0 aliphatic heterocycles. The summed E-state index contributed by atoms with van der Waals surface area (Å²) in [5, 5.41) is 8.47. The number of thiocarbonyl (C=S) groups is 1. The summed E-state index contributed by atoms with van der Waals surface area (Å²) in [5.41, 5.74) is 1.70. The standard InChI is InChI=1S/C39H77NO2S2/c41-38(40-42)36-34-32-30-28-26-24-22-20-18-16-14-12-10-8-6-4-2-1-3-5-7-9-11-13-15-17-19-21-23-25-27-29-31-33-35-37-39(43)44/h42H,1-37H2,(H,40,41)(H,43,44). The van der Waals surface area contributed by atoms with Crippen LogP contribution in [-0.2, 0) is 4.79 Å². The van der Waals surface area contributed by atoms with Gasteiger partial charge in [-0.2, -0.15) is 0 Å². The van der Waals surface area contributed by atoms with Gasteiger partial charge in [-0.3, -0.25) is 10.0 Å². The Hall–Kier alpha value is -0.130. The van der Waals surface area contributed by atoms with Crippen molar-refractivity contribution in [3.63, 3.8) is 0 Å². The van der Waals surface area contributed by atoms with Crippen LogP contribution in [0.1, 0.15) is 238 Å². The fourth-order valence-electron chi connectivity index (χ4n) is 6.45. The Morgan fingerprint density at radius 2 is 0.523 bits per heavy atom. The number of carbonyl (C=O) groups excluding carboxylic acids is 1. The average molecular weight is 656 g/mol. The van der Waals surface area contributed by atoms with Crippen LogP contribution in [0.3, 0.4) is 0 Å². The van der Waals surface area contributed by atoms with Crippen molar-refractivity contribution in [2.24, 2.45) is 0 Å². The molecule has 0 aromatic carbocycles. The number of unbranched alkanes of at least 4 members (excludes halogenated alkanes) is 34. The highest BCUT2D eigenvalue weighted by Crippen LogP contribution is 2.17. The lowest BCUT2D eigenvalue weighted by molar-refractivity contribution is -0.129. The van der Waals surface area contributed by atoms with Gasteiger partial charge in [-0.1, -0.05) is 224 Å². The number of nitrogens with one attached hydrogen (secondary N) is 1. The fraction of sp³-hybridized carbons (Fsp3) is 0.949. The molecule has 0 aromatic heterocycles. The Morgan fingerprint density at radius 1 is 0.364 bits per heavy atom. The first-order valence-corrected chi connectivity index (χ1v) is 20.7. The maximum atomic E-state index is 10.9. The van der Waals surface area contributed by atoms with Gasteiger partial charge in [0.2, 0.25) is 5.91 Å². The molecule has 0 unspecified atom stereocenters. The summed E-state index contributed by atoms with van der Waals surface area (Å²) < 4.78 is 0.875. The molecular weight excluding hydrogens is 579 g/mol. The summed E-state index contributed by atoms with van der Waals surface area (Å²) in [4.78, 5) is 10.9. The van der Waals surface area contributed by atoms with E-state index in [1.807, 2.05) is 0 Å². The number of carbonyl (C=O) groups is 1. The highest BCUT2D eigenvalue weighted by atomic mass is 32.1. The van der Waals surface area contributed by atoms with Gasteiger partial charge in [0.25, 0.3) is 0 Å². The summed E-state index contributed by atoms with van der Waals surface area (Å²) in [6.45, 7) is 0. The van der Waals surface area contributed by atoms with Crippen LogP contribution in [0.25, 0.3) is 0 Å². The molecule has 0 heterocycles. The van der Waals surface area contributed by atoms with E-state index in [-0.39, 0.29) is 5.91 Å². The van der Waals surface area contributed by atoms with Crippen LogP contribution in [0.2, 0.25) is 0 Å². The van der Waals surface area contributed by atoms with E-state index in [0.717, 1.165) is 23.5 Å². The second-order valence-corrected chi connectivity index (χ2v) is 15.1. The molecule has 5 heteroatoms. The first-order chi connectivity index (χ1) is 21.7. The summed E-state index contributed by atoms with van der Waals surface area (Å²) in [6.07, 6.45) is 50.3. The van der Waals surface area contributed by atoms with E-state index >= 15 is 0 Å². The molecule has 0 spiro atoms. The topological polar surface area (TPSA) is 49.3 Å². The third kappa shape index (κ3) is 39.9. The molecule has 0 aliphatic rings. The molecule has 0 bridgehead atoms. The molecule has 0 aromatic rings. The molecular formula is C39H77NO2S2. The van der Waals surface area contributed by atoms with E-state index in [1.165, 1.54) is 212 Å². The van der Waals surface area contributed by atoms with Crippen LogP contribution in [0, 0.1) is 0 Å². The van der Waals surface area contributed by atoms with E-state index in [0.29, 0.717) is 6.42 Å². The van der Waals surface area contributed by atoms with Gasteiger partial charge in [0.15, 0.2) is 0 Å². The zero-order valence-electron chi connectivity index (χ0n) is 29.4. The lowest BCUT2D eigenvalue weighted by Crippen LogP contribution is -2.17. The third-order valence-electron chi connectivity index (χ3n) is 9.42. The molecule has 0 rings (SSSR count). The molecule has 0 atom stereocenters. The zero-order chi connectivity index (χ0) is 32.0. The largest absolute Gasteiger partial charge is 0.289 e. The minimum absolute atomic E-state index is 0.256. The summed E-state index contributed by atoms with van der Waals surface area (Å²) in [5.74, 6) is -0.256. The molecule has 0 saturated carbocycles. The number of hydrogen-bond donors (Lipinski definition) is 3. The predicted octanol–water partition coefficient (Wildman–Crippen LogP) is 14.2. The van der Waals surface area contributed by atoms with Crippen LogP contribution < -0.4 is 5.48 Å². The second-order valence-electron chi connectivity index (χ2n) is 13.8. The Balaban J connectivity index is 3.05. The number of hydroxylamine groups is 1. The van der Waals surface area contributed by atoms with Gasteiger partial charge in [-0.05, 0) is 19.3 Å². The van der Waals surface area contributed by atoms with Crippen molar-refractivity contribution in [1.82, 2.24) is 5.48 Å². The smallest absolute Gasteiger partial charge is 0.243 e. The highest BCUT2D eigenvalue weighted by molar-refractivity contribution is 8.11. The van der Waals surface area contributed by atoms with E-state index in [2.05, 4.69) is 12.6 Å². The average Bonchev–Trinajstić information content (AvgIpc) is 3.02. The van der Waals surface area contributed by atoms with Gasteiger partial charge >= 0.3 is 0 Å². The van der Waals surface area contributed by atoms with Crippen LogP contribution in [0.4, 0.5) is 0 Å². The van der Waals surface area contributed by atoms with Crippen molar-refractivity contribution in [3.8, 4) is 0 Å². The van der Waals surface area contributed by atoms with Gasteiger partial charge in [0, 0.05) is 10.6 Å². The van der Waals surface area contributed by atoms with Crippen molar-refractivity contribution in [2.45, 2.75) is 238 Å². The fourth-order valence-corrected chi connectivity index (χ4v) is 6.75. The number of rotatable bonds is 38. The molecule has 44 heavy (non-hydrogen) atoms. The molecule has 2 N–H and O–H groups in total. The van der Waals surface area contributed by atoms with Crippen molar-refractivity contribution in [2.75, 3.05) is 0 Å². The Bertz CT molecular complexity index is 586. The molecule has 1 amide bonds. The van der Waals surface area contributed by atoms with Crippen molar-refractivity contribution in [3.05, 3.63) is 0 Å². The number of hydrogen-bond acceptors (Lipinski definition) is 3. The zero-order valence-corrected chi connectivity index (χ0v) is 31.1. The number of thiol groups is 1. The van der Waals surface area contributed by atoms with E-state index in [4.69, 9.17) is 17.4 Å². The van der Waals surface area contributed by atoms with Crippen molar-refractivity contribution in [1.29, 1.82) is 0 Å². The second kappa shape index (κ2) is 39.1. The minimum Gasteiger partial charge on any atom is -0.289 e. The van der Waals surface area contributed by atoms with Crippen LogP contribution in [-0.4, -0.2) is 15.3 Å². The molecule has 262 valence electrons. The lowest BCUT2D eigenvalue weighted by Gasteiger charge is -2.05. The van der Waals surface area contributed by atoms with Crippen molar-refractivity contribution < 1.29 is 10.0 Å². The quantitative estimate of drug-likeness (QED) is 0.0204. The number of amides is 1. The Kier molecular flexibility index (Phi) is 38.9. The molecule has 0 fully saturated rings. The Morgan fingerprint density at radius 3 is 0.682 bits per heavy atom.